The number of hydrogen-bond donors (Lipinski definition) is 2. The molecule has 7 heteroatoms. The van der Waals surface area contributed by atoms with E-state index in [9.17, 15) is 4.79 Å². The largest absolute Gasteiger partial charge is 0.351 e. The Morgan fingerprint density at radius 1 is 1.10 bits per heavy atom. The molecule has 0 bridgehead atoms. The molecule has 0 radical (unpaired) electrons. The molecule has 0 fully saturated rings. The lowest BCUT2D eigenvalue weighted by Gasteiger charge is -2.28. The summed E-state index contributed by atoms with van der Waals surface area (Å²) in [5, 5.41) is 6.44. The Morgan fingerprint density at radius 3 is 2.61 bits per heavy atom. The highest BCUT2D eigenvalue weighted by Gasteiger charge is 2.20. The SMILES string of the molecule is Cc1ccc(C(=O)NCC(C)(C)CN(C)C)cc1Nc1ncccc1-c1ccncn1. The average molecular weight is 419 g/mol. The summed E-state index contributed by atoms with van der Waals surface area (Å²) in [5.41, 5.74) is 4.07. The van der Waals surface area contributed by atoms with Crippen LogP contribution in [-0.2, 0) is 0 Å². The minimum Gasteiger partial charge on any atom is -0.351 e. The van der Waals surface area contributed by atoms with Crippen LogP contribution in [0.2, 0.25) is 0 Å². The third-order valence-corrected chi connectivity index (χ3v) is 4.89. The van der Waals surface area contributed by atoms with E-state index in [1.165, 1.54) is 6.33 Å². The lowest BCUT2D eigenvalue weighted by molar-refractivity contribution is 0.0929. The molecule has 2 heterocycles. The second kappa shape index (κ2) is 9.66. The van der Waals surface area contributed by atoms with Crippen LogP contribution in [0.1, 0.15) is 29.8 Å². The summed E-state index contributed by atoms with van der Waals surface area (Å²) >= 11 is 0. The van der Waals surface area contributed by atoms with Crippen molar-refractivity contribution in [1.82, 2.24) is 25.2 Å². The van der Waals surface area contributed by atoms with Gasteiger partial charge in [0.2, 0.25) is 0 Å². The highest BCUT2D eigenvalue weighted by Crippen LogP contribution is 2.28. The fraction of sp³-hybridized carbons (Fsp3) is 0.333. The van der Waals surface area contributed by atoms with E-state index in [0.29, 0.717) is 17.9 Å². The fourth-order valence-electron chi connectivity index (χ4n) is 3.52. The van der Waals surface area contributed by atoms with Crippen LogP contribution in [-0.4, -0.2) is 52.9 Å². The van der Waals surface area contributed by atoms with E-state index in [1.54, 1.807) is 12.4 Å². The molecule has 3 aromatic rings. The first-order valence-corrected chi connectivity index (χ1v) is 10.3. The molecule has 0 aliphatic carbocycles. The van der Waals surface area contributed by atoms with E-state index in [2.05, 4.69) is 44.3 Å². The maximum atomic E-state index is 12.8. The Hall–Kier alpha value is -3.32. The average Bonchev–Trinajstić information content (AvgIpc) is 2.74. The van der Waals surface area contributed by atoms with Crippen molar-refractivity contribution in [2.75, 3.05) is 32.5 Å². The van der Waals surface area contributed by atoms with Crippen LogP contribution < -0.4 is 10.6 Å². The van der Waals surface area contributed by atoms with Crippen LogP contribution in [0.15, 0.2) is 55.1 Å². The van der Waals surface area contributed by atoms with Crippen molar-refractivity contribution >= 4 is 17.4 Å². The Labute approximate surface area is 184 Å². The molecule has 0 saturated heterocycles. The van der Waals surface area contributed by atoms with Crippen LogP contribution in [0.5, 0.6) is 0 Å². The number of carbonyl (C=O) groups excluding carboxylic acids is 1. The topological polar surface area (TPSA) is 83.0 Å². The lowest BCUT2D eigenvalue weighted by atomic mass is 9.93. The maximum absolute atomic E-state index is 12.8. The number of anilines is 2. The highest BCUT2D eigenvalue weighted by atomic mass is 16.1. The standard InChI is InChI=1S/C24H30N6O/c1-17-8-9-18(23(31)27-14-24(2,3)15-30(4)5)13-21(17)29-22-19(7-6-11-26-22)20-10-12-25-16-28-20/h6-13,16H,14-15H2,1-5H3,(H,26,29)(H,27,31). The summed E-state index contributed by atoms with van der Waals surface area (Å²) in [7, 11) is 4.07. The number of nitrogens with one attached hydrogen (secondary N) is 2. The highest BCUT2D eigenvalue weighted by molar-refractivity contribution is 5.95. The number of carbonyl (C=O) groups is 1. The molecule has 3 rings (SSSR count). The van der Waals surface area contributed by atoms with Gasteiger partial charge < -0.3 is 15.5 Å². The number of aryl methyl sites for hydroxylation is 1. The zero-order chi connectivity index (χ0) is 22.4. The van der Waals surface area contributed by atoms with E-state index in [4.69, 9.17) is 0 Å². The van der Waals surface area contributed by atoms with Crippen LogP contribution in [0.4, 0.5) is 11.5 Å². The molecular formula is C24H30N6O. The van der Waals surface area contributed by atoms with Gasteiger partial charge in [-0.2, -0.15) is 0 Å². The van der Waals surface area contributed by atoms with Gasteiger partial charge >= 0.3 is 0 Å². The van der Waals surface area contributed by atoms with Gasteiger partial charge in [0.05, 0.1) is 5.69 Å². The quantitative estimate of drug-likeness (QED) is 0.577. The summed E-state index contributed by atoms with van der Waals surface area (Å²) < 4.78 is 0. The molecule has 1 aromatic carbocycles. The van der Waals surface area contributed by atoms with Crippen molar-refractivity contribution < 1.29 is 4.79 Å². The van der Waals surface area contributed by atoms with Crippen molar-refractivity contribution in [3.63, 3.8) is 0 Å². The smallest absolute Gasteiger partial charge is 0.251 e. The van der Waals surface area contributed by atoms with Crippen LogP contribution in [0.25, 0.3) is 11.3 Å². The summed E-state index contributed by atoms with van der Waals surface area (Å²) in [4.78, 5) is 27.7. The van der Waals surface area contributed by atoms with Crippen LogP contribution >= 0.6 is 0 Å². The van der Waals surface area contributed by atoms with Gasteiger partial charge in [-0.3, -0.25) is 4.79 Å². The molecule has 0 unspecified atom stereocenters. The van der Waals surface area contributed by atoms with Gasteiger partial charge in [-0.15, -0.1) is 0 Å². The second-order valence-corrected chi connectivity index (χ2v) is 8.73. The molecule has 0 aliphatic heterocycles. The van der Waals surface area contributed by atoms with E-state index in [-0.39, 0.29) is 11.3 Å². The van der Waals surface area contributed by atoms with Crippen molar-refractivity contribution in [3.8, 4) is 11.3 Å². The van der Waals surface area contributed by atoms with Crippen LogP contribution in [0, 0.1) is 12.3 Å². The minimum atomic E-state index is -0.0908. The fourth-order valence-corrected chi connectivity index (χ4v) is 3.52. The summed E-state index contributed by atoms with van der Waals surface area (Å²) in [6.07, 6.45) is 4.94. The molecule has 2 aromatic heterocycles. The van der Waals surface area contributed by atoms with E-state index < -0.39 is 0 Å². The molecule has 0 saturated carbocycles. The Kier molecular flexibility index (Phi) is 6.97. The third-order valence-electron chi connectivity index (χ3n) is 4.89. The zero-order valence-corrected chi connectivity index (χ0v) is 18.8. The Morgan fingerprint density at radius 2 is 1.90 bits per heavy atom. The molecule has 1 amide bonds. The first-order chi connectivity index (χ1) is 14.7. The summed E-state index contributed by atoms with van der Waals surface area (Å²) in [6.45, 7) is 7.77. The van der Waals surface area contributed by atoms with Crippen molar-refractivity contribution in [1.29, 1.82) is 0 Å². The van der Waals surface area contributed by atoms with Gasteiger partial charge in [-0.25, -0.2) is 15.0 Å². The second-order valence-electron chi connectivity index (χ2n) is 8.73. The number of rotatable bonds is 8. The van der Waals surface area contributed by atoms with Gasteiger partial charge in [-0.1, -0.05) is 19.9 Å². The van der Waals surface area contributed by atoms with Gasteiger partial charge in [0.1, 0.15) is 12.1 Å². The summed E-state index contributed by atoms with van der Waals surface area (Å²) in [6, 6.07) is 11.3. The molecule has 0 atom stereocenters. The maximum Gasteiger partial charge on any atom is 0.251 e. The lowest BCUT2D eigenvalue weighted by Crippen LogP contribution is -2.40. The number of pyridine rings is 1. The van der Waals surface area contributed by atoms with Gasteiger partial charge in [0, 0.05) is 42.3 Å². The molecule has 31 heavy (non-hydrogen) atoms. The minimum absolute atomic E-state index is 0.0225. The van der Waals surface area contributed by atoms with Crippen molar-refractivity contribution in [2.24, 2.45) is 5.41 Å². The number of aromatic nitrogens is 3. The molecule has 162 valence electrons. The molecule has 0 spiro atoms. The number of nitrogens with zero attached hydrogens (tertiary/aromatic N) is 4. The van der Waals surface area contributed by atoms with Gasteiger partial charge in [0.25, 0.3) is 5.91 Å². The number of benzene rings is 1. The van der Waals surface area contributed by atoms with E-state index in [1.807, 2.05) is 57.4 Å². The van der Waals surface area contributed by atoms with Gasteiger partial charge in [-0.05, 0) is 62.3 Å². The first kappa shape index (κ1) is 22.4. The predicted octanol–water partition coefficient (Wildman–Crippen LogP) is 3.91. The van der Waals surface area contributed by atoms with E-state index in [0.717, 1.165) is 29.1 Å². The molecule has 0 aliphatic rings. The Balaban J connectivity index is 1.79. The van der Waals surface area contributed by atoms with Crippen molar-refractivity contribution in [3.05, 3.63) is 66.2 Å². The normalized spacial score (nSPS) is 11.4. The first-order valence-electron chi connectivity index (χ1n) is 10.3. The van der Waals surface area contributed by atoms with Crippen molar-refractivity contribution in [2.45, 2.75) is 20.8 Å². The van der Waals surface area contributed by atoms with E-state index >= 15 is 0 Å². The summed E-state index contributed by atoms with van der Waals surface area (Å²) in [5.74, 6) is 0.584. The predicted molar refractivity (Wildman–Crippen MR) is 124 cm³/mol. The Bertz CT molecular complexity index is 1030. The molecule has 7 nitrogen and oxygen atoms in total. The molecular weight excluding hydrogens is 388 g/mol. The third kappa shape index (κ3) is 6.08. The van der Waals surface area contributed by atoms with Gasteiger partial charge in [0.15, 0.2) is 0 Å². The number of amides is 1. The van der Waals surface area contributed by atoms with Crippen LogP contribution in [0.3, 0.4) is 0 Å². The molecule has 2 N–H and O–H groups in total. The monoisotopic (exact) mass is 418 g/mol. The zero-order valence-electron chi connectivity index (χ0n) is 18.8. The number of hydrogen-bond acceptors (Lipinski definition) is 6.